The van der Waals surface area contributed by atoms with Gasteiger partial charge in [-0.05, 0) is 44.4 Å². The van der Waals surface area contributed by atoms with Crippen LogP contribution in [0.1, 0.15) is 37.3 Å². The fourth-order valence-corrected chi connectivity index (χ4v) is 4.82. The zero-order chi connectivity index (χ0) is 21.6. The molecule has 1 aliphatic heterocycles. The molecule has 2 aliphatic rings. The molecule has 164 valence electrons. The van der Waals surface area contributed by atoms with E-state index in [4.69, 9.17) is 14.8 Å². The van der Waals surface area contributed by atoms with Crippen molar-refractivity contribution in [2.45, 2.75) is 42.5 Å². The fraction of sp³-hybridized carbons (Fsp3) is 0.476. The molecule has 1 saturated carbocycles. The van der Waals surface area contributed by atoms with E-state index in [-0.39, 0.29) is 10.9 Å². The molecule has 4 heterocycles. The van der Waals surface area contributed by atoms with Gasteiger partial charge in [-0.1, -0.05) is 0 Å². The molecule has 10 heteroatoms. The average molecular weight is 443 g/mol. The number of nitrogens with one attached hydrogen (secondary N) is 2. The normalized spacial score (nSPS) is 21.1. The molecule has 1 unspecified atom stereocenters. The van der Waals surface area contributed by atoms with Crippen molar-refractivity contribution < 1.29 is 13.5 Å². The van der Waals surface area contributed by atoms with Crippen molar-refractivity contribution in [2.75, 3.05) is 31.8 Å². The van der Waals surface area contributed by atoms with Crippen LogP contribution in [0, 0.1) is 0 Å². The predicted molar refractivity (Wildman–Crippen MR) is 117 cm³/mol. The Morgan fingerprint density at radius 2 is 2.16 bits per heavy atom. The topological polar surface area (TPSA) is 116 Å². The van der Waals surface area contributed by atoms with Gasteiger partial charge in [0.15, 0.2) is 16.4 Å². The highest BCUT2D eigenvalue weighted by Gasteiger charge is 2.30. The number of anilines is 1. The summed E-state index contributed by atoms with van der Waals surface area (Å²) in [7, 11) is -1.79. The summed E-state index contributed by atoms with van der Waals surface area (Å²) in [4.78, 5) is 9.38. The van der Waals surface area contributed by atoms with E-state index in [0.29, 0.717) is 28.8 Å². The van der Waals surface area contributed by atoms with Crippen molar-refractivity contribution in [1.82, 2.24) is 24.9 Å². The SMILES string of the molecule is COc1cc2ncc(-c3ccc([S+](C)(=O)[O-])c(N[C@@H]4CCCNC4)n3)n2nc1C1CC1. The lowest BCUT2D eigenvalue weighted by Gasteiger charge is -2.25. The molecule has 0 spiro atoms. The Bertz CT molecular complexity index is 1160. The number of sulfone groups is 1. The fourth-order valence-electron chi connectivity index (χ4n) is 4.05. The molecule has 1 aliphatic carbocycles. The smallest absolute Gasteiger partial charge is 0.197 e. The van der Waals surface area contributed by atoms with E-state index in [1.165, 1.54) is 6.26 Å². The average Bonchev–Trinajstić information content (AvgIpc) is 3.52. The summed E-state index contributed by atoms with van der Waals surface area (Å²) in [5.74, 6) is 1.53. The molecule has 0 bridgehead atoms. The third-order valence-electron chi connectivity index (χ3n) is 5.83. The molecule has 31 heavy (non-hydrogen) atoms. The number of ether oxygens (including phenoxy) is 1. The van der Waals surface area contributed by atoms with Gasteiger partial charge in [0, 0.05) is 24.6 Å². The molecular weight excluding hydrogens is 416 g/mol. The lowest BCUT2D eigenvalue weighted by Crippen LogP contribution is -2.39. The Labute approximate surface area is 181 Å². The summed E-state index contributed by atoms with van der Waals surface area (Å²) in [6.45, 7) is 1.75. The van der Waals surface area contributed by atoms with Gasteiger partial charge in [-0.15, -0.1) is 4.21 Å². The number of methoxy groups -OCH3 is 1. The number of piperidine rings is 1. The summed E-state index contributed by atoms with van der Waals surface area (Å²) >= 11 is 0. The zero-order valence-electron chi connectivity index (χ0n) is 17.6. The molecule has 0 aromatic carbocycles. The van der Waals surface area contributed by atoms with Crippen molar-refractivity contribution in [3.8, 4) is 17.1 Å². The van der Waals surface area contributed by atoms with Gasteiger partial charge in [0.25, 0.3) is 0 Å². The summed E-state index contributed by atoms with van der Waals surface area (Å²) in [6, 6.07) is 5.35. The van der Waals surface area contributed by atoms with E-state index >= 15 is 0 Å². The first-order valence-electron chi connectivity index (χ1n) is 10.6. The number of aromatic nitrogens is 4. The standard InChI is InChI=1S/C21H26N6O3S/c1-30-17-10-19-23-12-16(27(19)26-20(17)13-5-6-13)15-7-8-18(31(2,28)29)21(25-15)24-14-4-3-9-22-11-14/h7-8,10,12-14,22H,3-6,9,11H2,1-2H3,(H-,24,25,28,29)/t14-/m1/s1. The maximum atomic E-state index is 12.4. The Balaban J connectivity index is 1.58. The molecule has 0 amide bonds. The minimum atomic E-state index is -3.43. The summed E-state index contributed by atoms with van der Waals surface area (Å²) < 4.78 is 32.0. The van der Waals surface area contributed by atoms with Gasteiger partial charge in [0.05, 0.1) is 29.2 Å². The van der Waals surface area contributed by atoms with E-state index in [1.54, 1.807) is 30.0 Å². The third-order valence-corrected chi connectivity index (χ3v) is 6.95. The number of fused-ring (bicyclic) bond motifs is 1. The van der Waals surface area contributed by atoms with Crippen LogP contribution in [0.3, 0.4) is 0 Å². The molecule has 2 fully saturated rings. The Hall–Kier alpha value is -2.56. The van der Waals surface area contributed by atoms with Crippen LogP contribution in [0.25, 0.3) is 17.0 Å². The van der Waals surface area contributed by atoms with Gasteiger partial charge in [-0.2, -0.15) is 5.10 Å². The molecule has 3 aromatic rings. The predicted octanol–water partition coefficient (Wildman–Crippen LogP) is 2.46. The van der Waals surface area contributed by atoms with Gasteiger partial charge in [-0.25, -0.2) is 14.5 Å². The van der Waals surface area contributed by atoms with Crippen LogP contribution in [0.5, 0.6) is 5.75 Å². The first-order valence-corrected chi connectivity index (χ1v) is 12.4. The van der Waals surface area contributed by atoms with Gasteiger partial charge in [-0.3, -0.25) is 0 Å². The van der Waals surface area contributed by atoms with E-state index in [1.807, 2.05) is 6.07 Å². The van der Waals surface area contributed by atoms with E-state index in [9.17, 15) is 8.76 Å². The van der Waals surface area contributed by atoms with Crippen LogP contribution in [-0.2, 0) is 14.4 Å². The van der Waals surface area contributed by atoms with Crippen molar-refractivity contribution in [1.29, 1.82) is 0 Å². The number of pyridine rings is 1. The zero-order valence-corrected chi connectivity index (χ0v) is 18.4. The van der Waals surface area contributed by atoms with Crippen LogP contribution in [0.2, 0.25) is 0 Å². The van der Waals surface area contributed by atoms with Crippen LogP contribution in [0.15, 0.2) is 29.3 Å². The van der Waals surface area contributed by atoms with E-state index < -0.39 is 10.2 Å². The molecular formula is C21H26N6O3S. The number of imidazole rings is 1. The van der Waals surface area contributed by atoms with E-state index in [2.05, 4.69) is 15.6 Å². The summed E-state index contributed by atoms with van der Waals surface area (Å²) in [5.41, 5.74) is 2.92. The maximum absolute atomic E-state index is 12.4. The van der Waals surface area contributed by atoms with Gasteiger partial charge >= 0.3 is 0 Å². The van der Waals surface area contributed by atoms with E-state index in [0.717, 1.165) is 50.2 Å². The van der Waals surface area contributed by atoms with Crippen molar-refractivity contribution in [3.05, 3.63) is 30.1 Å². The molecule has 2 N–H and O–H groups in total. The second-order valence-corrected chi connectivity index (χ2v) is 10.3. The Kier molecular flexibility index (Phi) is 5.15. The minimum absolute atomic E-state index is 0.128. The van der Waals surface area contributed by atoms with Crippen LogP contribution < -0.4 is 15.4 Å². The molecule has 5 rings (SSSR count). The second kappa shape index (κ2) is 7.85. The highest BCUT2D eigenvalue weighted by atomic mass is 32.3. The third kappa shape index (κ3) is 4.02. The summed E-state index contributed by atoms with van der Waals surface area (Å²) in [6.07, 6.45) is 7.12. The second-order valence-electron chi connectivity index (χ2n) is 8.29. The van der Waals surface area contributed by atoms with Gasteiger partial charge < -0.3 is 19.9 Å². The van der Waals surface area contributed by atoms with Crippen LogP contribution in [0.4, 0.5) is 5.82 Å². The lowest BCUT2D eigenvalue weighted by molar-refractivity contribution is 0.405. The van der Waals surface area contributed by atoms with Gasteiger partial charge in [0.2, 0.25) is 0 Å². The molecule has 9 nitrogen and oxygen atoms in total. The number of nitrogens with zero attached hydrogens (tertiary/aromatic N) is 4. The highest BCUT2D eigenvalue weighted by molar-refractivity contribution is 7.97. The quantitative estimate of drug-likeness (QED) is 0.559. The number of rotatable bonds is 6. The highest BCUT2D eigenvalue weighted by Crippen LogP contribution is 2.43. The Morgan fingerprint density at radius 3 is 2.84 bits per heavy atom. The van der Waals surface area contributed by atoms with Crippen LogP contribution >= 0.6 is 0 Å². The first kappa shape index (κ1) is 20.3. The largest absolute Gasteiger partial charge is 0.610 e. The first-order chi connectivity index (χ1) is 14.9. The van der Waals surface area contributed by atoms with Crippen molar-refractivity contribution >= 4 is 21.7 Å². The lowest BCUT2D eigenvalue weighted by atomic mass is 10.1. The van der Waals surface area contributed by atoms with Gasteiger partial charge in [0.1, 0.15) is 23.4 Å². The number of hydrogen-bond donors (Lipinski definition) is 2. The Morgan fingerprint density at radius 1 is 1.32 bits per heavy atom. The van der Waals surface area contributed by atoms with Crippen molar-refractivity contribution in [2.24, 2.45) is 0 Å². The monoisotopic (exact) mass is 442 g/mol. The molecule has 2 atom stereocenters. The molecule has 1 saturated heterocycles. The molecule has 3 aromatic heterocycles. The number of hydrogen-bond acceptors (Lipinski definition) is 8. The minimum Gasteiger partial charge on any atom is -0.610 e. The maximum Gasteiger partial charge on any atom is 0.197 e. The summed E-state index contributed by atoms with van der Waals surface area (Å²) in [5, 5.41) is 11.5. The molecule has 0 radical (unpaired) electrons. The van der Waals surface area contributed by atoms with Crippen LogP contribution in [-0.4, -0.2) is 56.6 Å². The van der Waals surface area contributed by atoms with Crippen molar-refractivity contribution in [3.63, 3.8) is 0 Å².